The van der Waals surface area contributed by atoms with E-state index in [-0.39, 0.29) is 17.9 Å². The van der Waals surface area contributed by atoms with E-state index in [1.807, 2.05) is 6.07 Å². The predicted octanol–water partition coefficient (Wildman–Crippen LogP) is 3.29. The number of aryl methyl sites for hydroxylation is 1. The van der Waals surface area contributed by atoms with Gasteiger partial charge in [0.1, 0.15) is 11.3 Å². The Morgan fingerprint density at radius 2 is 1.78 bits per heavy atom. The molecule has 0 spiro atoms. The van der Waals surface area contributed by atoms with E-state index in [1.165, 1.54) is 25.5 Å². The number of esters is 1. The Balaban J connectivity index is 2.05. The van der Waals surface area contributed by atoms with Crippen molar-refractivity contribution in [3.8, 4) is 5.75 Å². The van der Waals surface area contributed by atoms with Crippen molar-refractivity contribution in [1.29, 1.82) is 0 Å². The van der Waals surface area contributed by atoms with Gasteiger partial charge in [-0.2, -0.15) is 0 Å². The molecule has 0 bridgehead atoms. The monoisotopic (exact) mass is 370 g/mol. The van der Waals surface area contributed by atoms with Crippen molar-refractivity contribution in [2.45, 2.75) is 32.7 Å². The molecule has 0 aliphatic rings. The Morgan fingerprint density at radius 1 is 1.07 bits per heavy atom. The summed E-state index contributed by atoms with van der Waals surface area (Å²) in [6.45, 7) is 2.42. The van der Waals surface area contributed by atoms with Crippen LogP contribution in [0.1, 0.15) is 41.3 Å². The van der Waals surface area contributed by atoms with Crippen molar-refractivity contribution in [3.05, 3.63) is 59.2 Å². The maximum atomic E-state index is 12.0. The van der Waals surface area contributed by atoms with E-state index in [0.717, 1.165) is 17.7 Å². The number of hydrogen-bond donors (Lipinski definition) is 2. The lowest BCUT2D eigenvalue weighted by atomic mass is 10.1. The number of primary amides is 1. The zero-order valence-electron chi connectivity index (χ0n) is 15.8. The topological polar surface area (TPSA) is 90.6 Å². The quantitative estimate of drug-likeness (QED) is 0.626. The Kier molecular flexibility index (Phi) is 7.67. The molecule has 6 heteroatoms. The van der Waals surface area contributed by atoms with Crippen LogP contribution in [-0.2, 0) is 22.5 Å². The molecule has 0 heterocycles. The molecular weight excluding hydrogens is 344 g/mol. The van der Waals surface area contributed by atoms with Gasteiger partial charge in [0.25, 0.3) is 5.91 Å². The van der Waals surface area contributed by atoms with Crippen LogP contribution < -0.4 is 15.8 Å². The third kappa shape index (κ3) is 6.33. The molecule has 0 saturated heterocycles. The first-order valence-electron chi connectivity index (χ1n) is 8.98. The number of methoxy groups -OCH3 is 1. The zero-order chi connectivity index (χ0) is 19.6. The lowest BCUT2D eigenvalue weighted by Crippen LogP contribution is -2.21. The number of hydrogen-bond acceptors (Lipinski definition) is 5. The average molecular weight is 370 g/mol. The summed E-state index contributed by atoms with van der Waals surface area (Å²) in [5.41, 5.74) is 8.56. The molecule has 2 rings (SSSR count). The van der Waals surface area contributed by atoms with Crippen molar-refractivity contribution in [1.82, 2.24) is 0 Å². The SMILES string of the molecule is CCCCc1ccc(NCc2ccc(OCC(N)=O)c(C(=O)OC)c2)cc1. The van der Waals surface area contributed by atoms with Gasteiger partial charge in [-0.25, -0.2) is 4.79 Å². The summed E-state index contributed by atoms with van der Waals surface area (Å²) in [6.07, 6.45) is 3.46. The average Bonchev–Trinajstić information content (AvgIpc) is 2.69. The maximum Gasteiger partial charge on any atom is 0.341 e. The number of nitrogens with one attached hydrogen (secondary N) is 1. The summed E-state index contributed by atoms with van der Waals surface area (Å²) < 4.78 is 10.1. The fourth-order valence-electron chi connectivity index (χ4n) is 2.61. The Bertz CT molecular complexity index is 772. The van der Waals surface area contributed by atoms with Gasteiger partial charge in [-0.1, -0.05) is 31.5 Å². The van der Waals surface area contributed by atoms with Gasteiger partial charge < -0.3 is 20.5 Å². The van der Waals surface area contributed by atoms with Gasteiger partial charge in [0, 0.05) is 12.2 Å². The number of ether oxygens (including phenoxy) is 2. The van der Waals surface area contributed by atoms with E-state index in [4.69, 9.17) is 15.2 Å². The fourth-order valence-corrected chi connectivity index (χ4v) is 2.61. The summed E-state index contributed by atoms with van der Waals surface area (Å²) in [6, 6.07) is 13.5. The molecule has 2 aromatic rings. The van der Waals surface area contributed by atoms with Crippen molar-refractivity contribution in [3.63, 3.8) is 0 Å². The minimum Gasteiger partial charge on any atom is -0.483 e. The van der Waals surface area contributed by atoms with Crippen LogP contribution in [0.3, 0.4) is 0 Å². The minimum absolute atomic E-state index is 0.257. The molecule has 2 aromatic carbocycles. The number of benzene rings is 2. The van der Waals surface area contributed by atoms with Gasteiger partial charge in [0.05, 0.1) is 7.11 Å². The molecule has 0 fully saturated rings. The molecule has 0 aliphatic carbocycles. The highest BCUT2D eigenvalue weighted by Gasteiger charge is 2.15. The largest absolute Gasteiger partial charge is 0.483 e. The van der Waals surface area contributed by atoms with E-state index < -0.39 is 11.9 Å². The number of nitrogens with two attached hydrogens (primary N) is 1. The number of rotatable bonds is 10. The van der Waals surface area contributed by atoms with Gasteiger partial charge in [0.2, 0.25) is 0 Å². The first kappa shape index (κ1) is 20.3. The van der Waals surface area contributed by atoms with Crippen LogP contribution in [0, 0.1) is 0 Å². The molecule has 144 valence electrons. The lowest BCUT2D eigenvalue weighted by Gasteiger charge is -2.12. The summed E-state index contributed by atoms with van der Waals surface area (Å²) in [7, 11) is 1.30. The standard InChI is InChI=1S/C21H26N2O4/c1-3-4-5-15-6-9-17(10-7-15)23-13-16-8-11-19(27-14-20(22)24)18(12-16)21(25)26-2/h6-12,23H,3-5,13-14H2,1-2H3,(H2,22,24). The second-order valence-electron chi connectivity index (χ2n) is 6.23. The van der Waals surface area contributed by atoms with Crippen LogP contribution in [0.2, 0.25) is 0 Å². The molecular formula is C21H26N2O4. The number of unbranched alkanes of at least 4 members (excludes halogenated alkanes) is 1. The molecule has 0 aromatic heterocycles. The molecule has 6 nitrogen and oxygen atoms in total. The molecule has 0 unspecified atom stereocenters. The Morgan fingerprint density at radius 3 is 2.41 bits per heavy atom. The molecule has 3 N–H and O–H groups in total. The highest BCUT2D eigenvalue weighted by atomic mass is 16.5. The summed E-state index contributed by atoms with van der Waals surface area (Å²) >= 11 is 0. The third-order valence-corrected chi connectivity index (χ3v) is 4.09. The third-order valence-electron chi connectivity index (χ3n) is 4.09. The van der Waals surface area contributed by atoms with Crippen molar-refractivity contribution in [2.24, 2.45) is 5.73 Å². The molecule has 0 radical (unpaired) electrons. The number of amides is 1. The highest BCUT2D eigenvalue weighted by Crippen LogP contribution is 2.22. The number of carbonyl (C=O) groups excluding carboxylic acids is 2. The van der Waals surface area contributed by atoms with Crippen LogP contribution in [0.5, 0.6) is 5.75 Å². The molecule has 0 atom stereocenters. The van der Waals surface area contributed by atoms with E-state index in [9.17, 15) is 9.59 Å². The van der Waals surface area contributed by atoms with Crippen LogP contribution >= 0.6 is 0 Å². The summed E-state index contributed by atoms with van der Waals surface area (Å²) in [4.78, 5) is 22.9. The van der Waals surface area contributed by atoms with Crippen LogP contribution in [0.25, 0.3) is 0 Å². The van der Waals surface area contributed by atoms with Crippen LogP contribution in [0.15, 0.2) is 42.5 Å². The van der Waals surface area contributed by atoms with Crippen molar-refractivity contribution < 1.29 is 19.1 Å². The molecule has 0 saturated carbocycles. The van der Waals surface area contributed by atoms with Gasteiger partial charge in [-0.15, -0.1) is 0 Å². The highest BCUT2D eigenvalue weighted by molar-refractivity contribution is 5.92. The first-order valence-corrected chi connectivity index (χ1v) is 8.98. The van der Waals surface area contributed by atoms with Gasteiger partial charge >= 0.3 is 5.97 Å². The Hall–Kier alpha value is -3.02. The van der Waals surface area contributed by atoms with Gasteiger partial charge in [-0.05, 0) is 48.2 Å². The minimum atomic E-state index is -0.612. The molecule has 0 aliphatic heterocycles. The fraction of sp³-hybridized carbons (Fsp3) is 0.333. The van der Waals surface area contributed by atoms with Gasteiger partial charge in [0.15, 0.2) is 6.61 Å². The molecule has 1 amide bonds. The van der Waals surface area contributed by atoms with E-state index >= 15 is 0 Å². The number of anilines is 1. The Labute approximate surface area is 159 Å². The van der Waals surface area contributed by atoms with E-state index in [2.05, 4.69) is 36.5 Å². The molecule has 27 heavy (non-hydrogen) atoms. The van der Waals surface area contributed by atoms with Crippen molar-refractivity contribution >= 4 is 17.6 Å². The summed E-state index contributed by atoms with van der Waals surface area (Å²) in [5, 5.41) is 3.33. The van der Waals surface area contributed by atoms with Gasteiger partial charge in [-0.3, -0.25) is 4.79 Å². The second kappa shape index (κ2) is 10.2. The number of carbonyl (C=O) groups is 2. The van der Waals surface area contributed by atoms with Crippen molar-refractivity contribution in [2.75, 3.05) is 19.0 Å². The smallest absolute Gasteiger partial charge is 0.341 e. The zero-order valence-corrected chi connectivity index (χ0v) is 15.8. The normalized spacial score (nSPS) is 10.3. The predicted molar refractivity (Wildman–Crippen MR) is 105 cm³/mol. The summed E-state index contributed by atoms with van der Waals surface area (Å²) in [5.74, 6) is -0.875. The maximum absolute atomic E-state index is 12.0. The lowest BCUT2D eigenvalue weighted by molar-refractivity contribution is -0.119. The first-order chi connectivity index (χ1) is 13.0. The van der Waals surface area contributed by atoms with Crippen LogP contribution in [-0.4, -0.2) is 25.6 Å². The van der Waals surface area contributed by atoms with Crippen LogP contribution in [0.4, 0.5) is 5.69 Å². The second-order valence-corrected chi connectivity index (χ2v) is 6.23. The van der Waals surface area contributed by atoms with E-state index in [1.54, 1.807) is 12.1 Å². The van der Waals surface area contributed by atoms with E-state index in [0.29, 0.717) is 6.54 Å².